The van der Waals surface area contributed by atoms with Crippen LogP contribution < -0.4 is 0 Å². The summed E-state index contributed by atoms with van der Waals surface area (Å²) in [5, 5.41) is 7.91. The molecule has 3 aromatic rings. The van der Waals surface area contributed by atoms with E-state index in [-0.39, 0.29) is 0 Å². The number of hydrogen-bond donors (Lipinski definition) is 0. The van der Waals surface area contributed by atoms with Gasteiger partial charge in [0.25, 0.3) is 0 Å². The number of fused-ring (bicyclic) bond motifs is 1. The van der Waals surface area contributed by atoms with Gasteiger partial charge in [0, 0.05) is 6.20 Å². The third kappa shape index (κ3) is 2.34. The van der Waals surface area contributed by atoms with Crippen molar-refractivity contribution < 1.29 is 13.2 Å². The Morgan fingerprint density at radius 3 is 2.50 bits per heavy atom. The minimum absolute atomic E-state index is 0.360. The van der Waals surface area contributed by atoms with Gasteiger partial charge in [0.15, 0.2) is 0 Å². The quantitative estimate of drug-likeness (QED) is 0.724. The second kappa shape index (κ2) is 4.59. The molecule has 0 saturated carbocycles. The van der Waals surface area contributed by atoms with E-state index >= 15 is 0 Å². The minimum atomic E-state index is -4.32. The molecule has 4 nitrogen and oxygen atoms in total. The highest BCUT2D eigenvalue weighted by Crippen LogP contribution is 2.29. The molecule has 0 N–H and O–H groups in total. The Morgan fingerprint density at radius 1 is 1.05 bits per heavy atom. The normalized spacial score (nSPS) is 11.9. The van der Waals surface area contributed by atoms with E-state index in [4.69, 9.17) is 0 Å². The van der Waals surface area contributed by atoms with Crippen molar-refractivity contribution in [2.75, 3.05) is 0 Å². The molecule has 0 fully saturated rings. The summed E-state index contributed by atoms with van der Waals surface area (Å²) in [6, 6.07) is 6.78. The van der Waals surface area contributed by atoms with Crippen molar-refractivity contribution in [1.82, 2.24) is 20.0 Å². The van der Waals surface area contributed by atoms with Gasteiger partial charge in [0.1, 0.15) is 5.52 Å². The van der Waals surface area contributed by atoms with Gasteiger partial charge in [-0.2, -0.15) is 13.2 Å². The molecule has 0 saturated heterocycles. The van der Waals surface area contributed by atoms with Crippen molar-refractivity contribution in [2.45, 2.75) is 12.7 Å². The van der Waals surface area contributed by atoms with Crippen molar-refractivity contribution in [2.24, 2.45) is 0 Å². The summed E-state index contributed by atoms with van der Waals surface area (Å²) in [6.07, 6.45) is -1.11. The van der Waals surface area contributed by atoms with Crippen molar-refractivity contribution in [3.05, 3.63) is 53.9 Å². The van der Waals surface area contributed by atoms with E-state index in [1.807, 2.05) is 0 Å². The van der Waals surface area contributed by atoms with Gasteiger partial charge in [-0.25, -0.2) is 4.68 Å². The van der Waals surface area contributed by atoms with Crippen LogP contribution in [0.1, 0.15) is 11.1 Å². The summed E-state index contributed by atoms with van der Waals surface area (Å²) >= 11 is 0. The maximum absolute atomic E-state index is 12.5. The van der Waals surface area contributed by atoms with Crippen LogP contribution in [0.5, 0.6) is 0 Å². The third-order valence-corrected chi connectivity index (χ3v) is 2.93. The number of alkyl halides is 3. The molecule has 0 aliphatic carbocycles. The first-order valence-corrected chi connectivity index (χ1v) is 5.83. The maximum Gasteiger partial charge on any atom is 0.416 e. The monoisotopic (exact) mass is 278 g/mol. The zero-order chi connectivity index (χ0) is 14.2. The summed E-state index contributed by atoms with van der Waals surface area (Å²) in [6.45, 7) is 0.360. The van der Waals surface area contributed by atoms with E-state index in [0.29, 0.717) is 12.1 Å². The molecule has 0 unspecified atom stereocenters. The molecule has 7 heteroatoms. The first-order valence-electron chi connectivity index (χ1n) is 5.83. The van der Waals surface area contributed by atoms with Crippen LogP contribution in [0.4, 0.5) is 13.2 Å². The Kier molecular flexibility index (Phi) is 2.89. The van der Waals surface area contributed by atoms with Crippen molar-refractivity contribution in [3.63, 3.8) is 0 Å². The van der Waals surface area contributed by atoms with Crippen LogP contribution in [-0.2, 0) is 12.7 Å². The van der Waals surface area contributed by atoms with Gasteiger partial charge in [-0.3, -0.25) is 4.98 Å². The number of pyridine rings is 1. The number of rotatable bonds is 2. The van der Waals surface area contributed by atoms with Crippen LogP contribution in [0.25, 0.3) is 11.0 Å². The van der Waals surface area contributed by atoms with Crippen molar-refractivity contribution in [3.8, 4) is 0 Å². The summed E-state index contributed by atoms with van der Waals surface area (Å²) in [4.78, 5) is 3.93. The van der Waals surface area contributed by atoms with Crippen LogP contribution in [0, 0.1) is 0 Å². The van der Waals surface area contributed by atoms with E-state index in [1.54, 1.807) is 23.1 Å². The molecule has 0 radical (unpaired) electrons. The van der Waals surface area contributed by atoms with Crippen LogP contribution in [0.3, 0.4) is 0 Å². The molecule has 0 bridgehead atoms. The van der Waals surface area contributed by atoms with Gasteiger partial charge >= 0.3 is 6.18 Å². The van der Waals surface area contributed by atoms with Crippen LogP contribution in [-0.4, -0.2) is 20.0 Å². The lowest BCUT2D eigenvalue weighted by molar-refractivity contribution is -0.137. The number of aromatic nitrogens is 4. The Hall–Kier alpha value is -2.44. The van der Waals surface area contributed by atoms with Crippen molar-refractivity contribution >= 4 is 11.0 Å². The Bertz CT molecular complexity index is 731. The van der Waals surface area contributed by atoms with Crippen LogP contribution >= 0.6 is 0 Å². The summed E-state index contributed by atoms with van der Waals surface area (Å²) in [7, 11) is 0. The molecule has 1 aromatic carbocycles. The Balaban J connectivity index is 1.88. The predicted molar refractivity (Wildman–Crippen MR) is 65.9 cm³/mol. The van der Waals surface area contributed by atoms with E-state index in [0.717, 1.165) is 23.2 Å². The molecular weight excluding hydrogens is 269 g/mol. The first kappa shape index (κ1) is 12.6. The fourth-order valence-electron chi connectivity index (χ4n) is 1.91. The highest BCUT2D eigenvalue weighted by molar-refractivity contribution is 5.72. The Morgan fingerprint density at radius 2 is 1.80 bits per heavy atom. The average Bonchev–Trinajstić information content (AvgIpc) is 2.82. The van der Waals surface area contributed by atoms with E-state index in [2.05, 4.69) is 15.3 Å². The summed E-state index contributed by atoms with van der Waals surface area (Å²) in [5.41, 5.74) is 1.51. The standard InChI is InChI=1S/C13H9F3N4/c14-13(15,16)10-3-1-9(2-4-10)8-20-12-5-6-17-7-11(12)18-19-20/h1-7H,8H2. The summed E-state index contributed by atoms with van der Waals surface area (Å²) < 4.78 is 39.0. The number of benzene rings is 1. The third-order valence-electron chi connectivity index (χ3n) is 2.93. The van der Waals surface area contributed by atoms with Crippen LogP contribution in [0.15, 0.2) is 42.7 Å². The second-order valence-corrected chi connectivity index (χ2v) is 4.31. The molecule has 0 atom stereocenters. The molecule has 0 spiro atoms. The van der Waals surface area contributed by atoms with Gasteiger partial charge in [-0.05, 0) is 23.8 Å². The molecule has 20 heavy (non-hydrogen) atoms. The van der Waals surface area contributed by atoms with Gasteiger partial charge < -0.3 is 0 Å². The van der Waals surface area contributed by atoms with E-state index < -0.39 is 11.7 Å². The lowest BCUT2D eigenvalue weighted by atomic mass is 10.1. The molecule has 0 aliphatic heterocycles. The highest BCUT2D eigenvalue weighted by atomic mass is 19.4. The lowest BCUT2D eigenvalue weighted by Crippen LogP contribution is -2.06. The zero-order valence-electron chi connectivity index (χ0n) is 10.2. The van der Waals surface area contributed by atoms with E-state index in [9.17, 15) is 13.2 Å². The number of halogens is 3. The zero-order valence-corrected chi connectivity index (χ0v) is 10.2. The molecule has 0 aliphatic rings. The largest absolute Gasteiger partial charge is 0.416 e. The smallest absolute Gasteiger partial charge is 0.262 e. The lowest BCUT2D eigenvalue weighted by Gasteiger charge is -2.07. The first-order chi connectivity index (χ1) is 9.54. The second-order valence-electron chi connectivity index (χ2n) is 4.31. The number of nitrogens with zero attached hydrogens (tertiary/aromatic N) is 4. The molecule has 0 amide bonds. The average molecular weight is 278 g/mol. The molecule has 102 valence electrons. The molecule has 2 aromatic heterocycles. The molecule has 3 rings (SSSR count). The van der Waals surface area contributed by atoms with E-state index in [1.165, 1.54) is 12.1 Å². The molecule has 2 heterocycles. The maximum atomic E-state index is 12.5. The highest BCUT2D eigenvalue weighted by Gasteiger charge is 2.29. The topological polar surface area (TPSA) is 43.6 Å². The van der Waals surface area contributed by atoms with Gasteiger partial charge in [0.2, 0.25) is 0 Å². The van der Waals surface area contributed by atoms with Gasteiger partial charge in [-0.1, -0.05) is 17.3 Å². The summed E-state index contributed by atoms with van der Waals surface area (Å²) in [5.74, 6) is 0. The van der Waals surface area contributed by atoms with Crippen molar-refractivity contribution in [1.29, 1.82) is 0 Å². The SMILES string of the molecule is FC(F)(F)c1ccc(Cn2nnc3cnccc32)cc1. The van der Waals surface area contributed by atoms with Gasteiger partial charge in [-0.15, -0.1) is 5.10 Å². The fourth-order valence-corrected chi connectivity index (χ4v) is 1.91. The Labute approximate surface area is 111 Å². The number of hydrogen-bond acceptors (Lipinski definition) is 3. The minimum Gasteiger partial charge on any atom is -0.262 e. The predicted octanol–water partition coefficient (Wildman–Crippen LogP) is 2.89. The molecular formula is C13H9F3N4. The van der Waals surface area contributed by atoms with Gasteiger partial charge in [0.05, 0.1) is 23.8 Å². The fraction of sp³-hybridized carbons (Fsp3) is 0.154. The van der Waals surface area contributed by atoms with Crippen LogP contribution in [0.2, 0.25) is 0 Å².